The lowest BCUT2D eigenvalue weighted by Gasteiger charge is -2.24. The topological polar surface area (TPSA) is 97.9 Å². The van der Waals surface area contributed by atoms with Crippen molar-refractivity contribution in [3.05, 3.63) is 0 Å². The third-order valence-electron chi connectivity index (χ3n) is 4.58. The Hall–Kier alpha value is -0.920. The second kappa shape index (κ2) is 18.1. The van der Waals surface area contributed by atoms with Crippen molar-refractivity contribution in [1.29, 1.82) is 0 Å². The molecule has 9 heteroatoms. The Morgan fingerprint density at radius 3 is 2.54 bits per heavy atom. The molecule has 1 rings (SSSR count). The van der Waals surface area contributed by atoms with E-state index in [9.17, 15) is 9.59 Å². The van der Waals surface area contributed by atoms with Crippen molar-refractivity contribution in [2.24, 2.45) is 4.99 Å². The molecule has 0 radical (unpaired) electrons. The number of hydrogen-bond acceptors (Lipinski definition) is 7. The number of rotatable bonds is 11. The predicted molar refractivity (Wildman–Crippen MR) is 119 cm³/mol. The third kappa shape index (κ3) is 14.1. The van der Waals surface area contributed by atoms with Crippen LogP contribution in [0.1, 0.15) is 19.3 Å². The van der Waals surface area contributed by atoms with Crippen LogP contribution < -0.4 is 21.3 Å². The van der Waals surface area contributed by atoms with E-state index in [4.69, 9.17) is 0 Å². The molecule has 1 atom stereocenters. The Labute approximate surface area is 171 Å². The number of carbonyl (C=O) groups is 2. The first-order chi connectivity index (χ1) is 13.8. The summed E-state index contributed by atoms with van der Waals surface area (Å²) >= 11 is 0. The molecule has 1 amide bonds. The van der Waals surface area contributed by atoms with E-state index >= 15 is 0 Å². The van der Waals surface area contributed by atoms with Crippen LogP contribution in [0.5, 0.6) is 0 Å². The molecule has 1 saturated heterocycles. The summed E-state index contributed by atoms with van der Waals surface area (Å²) in [4.78, 5) is 29.8. The van der Waals surface area contributed by atoms with Gasteiger partial charge in [-0.3, -0.25) is 14.7 Å². The standard InChI is InChI=1S/C19H39N6O2P/c1-20-6-7-21-5-3-2-4-18(17-26)24-19(27)16-25-12-8-22-10-14-28-15-11-23-9-13-25/h6,17-18,21-23,28H,2-5,7-16H2,1H3,(H,24,27). The number of nitrogens with zero attached hydrogens (tertiary/aromatic N) is 2. The van der Waals surface area contributed by atoms with E-state index in [0.29, 0.717) is 13.0 Å². The van der Waals surface area contributed by atoms with Crippen molar-refractivity contribution in [2.45, 2.75) is 25.3 Å². The normalized spacial score (nSPS) is 18.9. The molecule has 1 fully saturated rings. The van der Waals surface area contributed by atoms with Crippen molar-refractivity contribution in [2.75, 3.05) is 78.3 Å². The van der Waals surface area contributed by atoms with Gasteiger partial charge in [-0.15, -0.1) is 8.58 Å². The lowest BCUT2D eigenvalue weighted by molar-refractivity contribution is -0.125. The Morgan fingerprint density at radius 2 is 1.89 bits per heavy atom. The molecule has 8 nitrogen and oxygen atoms in total. The molecule has 0 saturated carbocycles. The maximum absolute atomic E-state index is 12.4. The minimum atomic E-state index is -0.394. The van der Waals surface area contributed by atoms with Crippen LogP contribution >= 0.6 is 8.58 Å². The fourth-order valence-corrected chi connectivity index (χ4v) is 3.93. The monoisotopic (exact) mass is 414 g/mol. The molecule has 0 aromatic heterocycles. The van der Waals surface area contributed by atoms with E-state index in [1.807, 2.05) is 6.21 Å². The molecule has 0 aromatic carbocycles. The molecule has 1 aliphatic rings. The summed E-state index contributed by atoms with van der Waals surface area (Å²) in [5, 5.41) is 13.0. The Bertz CT molecular complexity index is 427. The average molecular weight is 415 g/mol. The van der Waals surface area contributed by atoms with Crippen LogP contribution in [-0.2, 0) is 9.59 Å². The molecule has 0 bridgehead atoms. The minimum absolute atomic E-state index is 0.0667. The van der Waals surface area contributed by atoms with Crippen molar-refractivity contribution < 1.29 is 9.59 Å². The number of hydrogen-bond donors (Lipinski definition) is 4. The number of unbranched alkanes of at least 4 members (excludes halogenated alkanes) is 1. The van der Waals surface area contributed by atoms with Gasteiger partial charge in [0.1, 0.15) is 6.29 Å². The van der Waals surface area contributed by atoms with Gasteiger partial charge in [-0.25, -0.2) is 0 Å². The molecule has 4 N–H and O–H groups in total. The molecule has 1 unspecified atom stereocenters. The van der Waals surface area contributed by atoms with Gasteiger partial charge in [-0.2, -0.15) is 0 Å². The summed E-state index contributed by atoms with van der Waals surface area (Å²) in [7, 11) is 2.77. The quantitative estimate of drug-likeness (QED) is 0.155. The van der Waals surface area contributed by atoms with Gasteiger partial charge in [0.15, 0.2) is 0 Å². The molecule has 0 aliphatic carbocycles. The summed E-state index contributed by atoms with van der Waals surface area (Å²) in [6, 6.07) is -0.394. The largest absolute Gasteiger partial charge is 0.345 e. The minimum Gasteiger partial charge on any atom is -0.345 e. The molecule has 162 valence electrons. The maximum atomic E-state index is 12.4. The average Bonchev–Trinajstić information content (AvgIpc) is 2.68. The predicted octanol–water partition coefficient (Wildman–Crippen LogP) is -0.696. The van der Waals surface area contributed by atoms with Crippen LogP contribution in [-0.4, -0.2) is 108 Å². The molecule has 28 heavy (non-hydrogen) atoms. The zero-order chi connectivity index (χ0) is 20.3. The highest BCUT2D eigenvalue weighted by molar-refractivity contribution is 7.38. The van der Waals surface area contributed by atoms with E-state index in [2.05, 4.69) is 31.2 Å². The van der Waals surface area contributed by atoms with Gasteiger partial charge in [-0.1, -0.05) is 0 Å². The third-order valence-corrected chi connectivity index (χ3v) is 5.79. The van der Waals surface area contributed by atoms with E-state index in [1.54, 1.807) is 7.05 Å². The zero-order valence-corrected chi connectivity index (χ0v) is 18.3. The molecular weight excluding hydrogens is 375 g/mol. The van der Waals surface area contributed by atoms with Crippen LogP contribution in [0.4, 0.5) is 0 Å². The van der Waals surface area contributed by atoms with E-state index in [1.165, 1.54) is 12.3 Å². The maximum Gasteiger partial charge on any atom is 0.234 e. The first-order valence-electron chi connectivity index (χ1n) is 10.5. The second-order valence-corrected chi connectivity index (χ2v) is 8.48. The molecule has 1 heterocycles. The first kappa shape index (κ1) is 25.1. The lowest BCUT2D eigenvalue weighted by atomic mass is 10.1. The highest BCUT2D eigenvalue weighted by Crippen LogP contribution is 2.06. The van der Waals surface area contributed by atoms with E-state index in [-0.39, 0.29) is 5.91 Å². The fraction of sp³-hybridized carbons (Fsp3) is 0.842. The molecular formula is C19H39N6O2P. The number of aliphatic imine (C=N–C) groups is 1. The van der Waals surface area contributed by atoms with Crippen molar-refractivity contribution >= 4 is 27.0 Å². The van der Waals surface area contributed by atoms with Crippen LogP contribution in [0.2, 0.25) is 0 Å². The van der Waals surface area contributed by atoms with E-state index < -0.39 is 6.04 Å². The van der Waals surface area contributed by atoms with Gasteiger partial charge >= 0.3 is 0 Å². The van der Waals surface area contributed by atoms with Gasteiger partial charge in [0.05, 0.1) is 12.6 Å². The van der Waals surface area contributed by atoms with Crippen LogP contribution in [0.25, 0.3) is 0 Å². The Kier molecular flexibility index (Phi) is 16.3. The summed E-state index contributed by atoms with van der Waals surface area (Å²) < 4.78 is 0. The number of carbonyl (C=O) groups excluding carboxylic acids is 2. The van der Waals surface area contributed by atoms with Crippen molar-refractivity contribution in [3.63, 3.8) is 0 Å². The summed E-state index contributed by atoms with van der Waals surface area (Å²) in [6.45, 7) is 7.57. The number of nitrogens with one attached hydrogen (secondary N) is 4. The zero-order valence-electron chi connectivity index (χ0n) is 17.3. The molecule has 0 spiro atoms. The van der Waals surface area contributed by atoms with E-state index in [0.717, 1.165) is 80.1 Å². The Balaban J connectivity index is 2.25. The summed E-state index contributed by atoms with van der Waals surface area (Å²) in [5.41, 5.74) is 0. The summed E-state index contributed by atoms with van der Waals surface area (Å²) in [5.74, 6) is -0.0667. The lowest BCUT2D eigenvalue weighted by Crippen LogP contribution is -2.46. The first-order valence-corrected chi connectivity index (χ1v) is 11.9. The van der Waals surface area contributed by atoms with Gasteiger partial charge in [0, 0.05) is 46.0 Å². The number of aldehydes is 1. The second-order valence-electron chi connectivity index (χ2n) is 6.98. The van der Waals surface area contributed by atoms with Gasteiger partial charge in [0.2, 0.25) is 5.91 Å². The smallest absolute Gasteiger partial charge is 0.234 e. The van der Waals surface area contributed by atoms with Crippen LogP contribution in [0.15, 0.2) is 4.99 Å². The molecule has 1 aliphatic heterocycles. The fourth-order valence-electron chi connectivity index (χ4n) is 2.97. The van der Waals surface area contributed by atoms with Crippen molar-refractivity contribution in [1.82, 2.24) is 26.2 Å². The summed E-state index contributed by atoms with van der Waals surface area (Å²) in [6.07, 6.45) is 7.70. The highest BCUT2D eigenvalue weighted by Gasteiger charge is 2.15. The SMILES string of the molecule is CN=CCNCCCCC(C=O)NC(=O)CN1CCNCCPCCNCC1. The van der Waals surface area contributed by atoms with Crippen molar-refractivity contribution in [3.8, 4) is 0 Å². The van der Waals surface area contributed by atoms with Gasteiger partial charge in [-0.05, 0) is 51.2 Å². The van der Waals surface area contributed by atoms with Crippen LogP contribution in [0.3, 0.4) is 0 Å². The Morgan fingerprint density at radius 1 is 1.18 bits per heavy atom. The van der Waals surface area contributed by atoms with Gasteiger partial charge < -0.3 is 26.1 Å². The highest BCUT2D eigenvalue weighted by atomic mass is 31.1. The van der Waals surface area contributed by atoms with Gasteiger partial charge in [0.25, 0.3) is 0 Å². The molecule has 0 aromatic rings. The number of amides is 1. The van der Waals surface area contributed by atoms with Crippen LogP contribution in [0, 0.1) is 0 Å².